The van der Waals surface area contributed by atoms with E-state index in [2.05, 4.69) is 5.32 Å². The van der Waals surface area contributed by atoms with Crippen molar-refractivity contribution in [3.63, 3.8) is 0 Å². The summed E-state index contributed by atoms with van der Waals surface area (Å²) in [5, 5.41) is 3.18. The van der Waals surface area contributed by atoms with E-state index in [1.54, 1.807) is 30.3 Å². The fourth-order valence-electron chi connectivity index (χ4n) is 1.94. The molecule has 0 atom stereocenters. The number of rotatable bonds is 3. The topological polar surface area (TPSA) is 32.3 Å². The smallest absolute Gasteiger partial charge is 0.323 e. The zero-order chi connectivity index (χ0) is 17.0. The monoisotopic (exact) mass is 342 g/mol. The molecule has 2 aromatic carbocycles. The van der Waals surface area contributed by atoms with E-state index in [0.717, 1.165) is 12.1 Å². The van der Waals surface area contributed by atoms with E-state index in [1.165, 1.54) is 18.0 Å². The van der Waals surface area contributed by atoms with Crippen molar-refractivity contribution in [3.05, 3.63) is 64.7 Å². The van der Waals surface area contributed by atoms with Gasteiger partial charge in [-0.3, -0.25) is 0 Å². The molecule has 2 rings (SSSR count). The zero-order valence-electron chi connectivity index (χ0n) is 12.2. The number of anilines is 1. The first-order valence-corrected chi connectivity index (χ1v) is 7.07. The lowest BCUT2D eigenvalue weighted by atomic mass is 10.1. The van der Waals surface area contributed by atoms with Crippen LogP contribution in [0.4, 0.5) is 23.7 Å². The molecule has 0 radical (unpaired) electrons. The molecule has 0 saturated heterocycles. The zero-order valence-corrected chi connectivity index (χ0v) is 12.9. The van der Waals surface area contributed by atoms with Crippen molar-refractivity contribution < 1.29 is 18.0 Å². The lowest BCUT2D eigenvalue weighted by Gasteiger charge is -2.19. The summed E-state index contributed by atoms with van der Waals surface area (Å²) in [6, 6.07) is 11.0. The summed E-state index contributed by atoms with van der Waals surface area (Å²) >= 11 is 5.75. The van der Waals surface area contributed by atoms with Crippen LogP contribution in [0.3, 0.4) is 0 Å². The second-order valence-electron chi connectivity index (χ2n) is 4.99. The van der Waals surface area contributed by atoms with E-state index in [0.29, 0.717) is 16.3 Å². The number of halogens is 4. The van der Waals surface area contributed by atoms with Crippen molar-refractivity contribution in [1.82, 2.24) is 4.90 Å². The minimum atomic E-state index is -4.40. The maximum Gasteiger partial charge on any atom is 0.416 e. The van der Waals surface area contributed by atoms with E-state index in [1.807, 2.05) is 0 Å². The highest BCUT2D eigenvalue weighted by atomic mass is 35.5. The maximum atomic E-state index is 12.7. The van der Waals surface area contributed by atoms with Crippen molar-refractivity contribution >= 4 is 23.3 Å². The van der Waals surface area contributed by atoms with E-state index in [-0.39, 0.29) is 6.54 Å². The number of hydrogen-bond donors (Lipinski definition) is 1. The molecule has 3 nitrogen and oxygen atoms in total. The predicted octanol–water partition coefficient (Wildman–Crippen LogP) is 5.02. The molecule has 122 valence electrons. The molecule has 0 aliphatic carbocycles. The molecule has 1 N–H and O–H groups in total. The molecular formula is C16H14ClF3N2O. The van der Waals surface area contributed by atoms with Gasteiger partial charge in [0.1, 0.15) is 0 Å². The summed E-state index contributed by atoms with van der Waals surface area (Å²) in [6.45, 7) is 0.0589. The van der Waals surface area contributed by atoms with E-state index in [9.17, 15) is 18.0 Å². The van der Waals surface area contributed by atoms with Gasteiger partial charge in [0.2, 0.25) is 0 Å². The van der Waals surface area contributed by atoms with Gasteiger partial charge in [-0.15, -0.1) is 0 Å². The van der Waals surface area contributed by atoms with Gasteiger partial charge in [-0.2, -0.15) is 13.2 Å². The highest BCUT2D eigenvalue weighted by Gasteiger charge is 2.30. The normalized spacial score (nSPS) is 11.2. The average molecular weight is 343 g/mol. The Morgan fingerprint density at radius 2 is 1.83 bits per heavy atom. The van der Waals surface area contributed by atoms with Gasteiger partial charge >= 0.3 is 12.2 Å². The lowest BCUT2D eigenvalue weighted by Crippen LogP contribution is -2.30. The molecule has 0 unspecified atom stereocenters. The third kappa shape index (κ3) is 4.89. The summed E-state index contributed by atoms with van der Waals surface area (Å²) in [5.41, 5.74) is 0.213. The molecule has 23 heavy (non-hydrogen) atoms. The molecule has 0 aliphatic heterocycles. The third-order valence-electron chi connectivity index (χ3n) is 3.12. The number of alkyl halides is 3. The summed E-state index contributed by atoms with van der Waals surface area (Å²) in [6.07, 6.45) is -4.40. The van der Waals surface area contributed by atoms with Crippen molar-refractivity contribution in [2.45, 2.75) is 12.7 Å². The Morgan fingerprint density at radius 1 is 1.17 bits per heavy atom. The number of amides is 2. The maximum absolute atomic E-state index is 12.7. The molecule has 0 heterocycles. The fourth-order valence-corrected chi connectivity index (χ4v) is 2.07. The van der Waals surface area contributed by atoms with Crippen LogP contribution in [-0.2, 0) is 12.7 Å². The van der Waals surface area contributed by atoms with Gasteiger partial charge in [0.25, 0.3) is 0 Å². The Kier molecular flexibility index (Phi) is 5.15. The van der Waals surface area contributed by atoms with Crippen LogP contribution in [0.25, 0.3) is 0 Å². The van der Waals surface area contributed by atoms with Crippen molar-refractivity contribution in [3.8, 4) is 0 Å². The van der Waals surface area contributed by atoms with Crippen LogP contribution in [0.2, 0.25) is 5.02 Å². The SMILES string of the molecule is CN(Cc1cccc(C(F)(F)F)c1)C(=O)Nc1ccc(Cl)cc1. The molecule has 0 spiro atoms. The largest absolute Gasteiger partial charge is 0.416 e. The van der Waals surface area contributed by atoms with Gasteiger partial charge in [0.15, 0.2) is 0 Å². The second kappa shape index (κ2) is 6.91. The second-order valence-corrected chi connectivity index (χ2v) is 5.43. The molecule has 2 aromatic rings. The van der Waals surface area contributed by atoms with Crippen LogP contribution in [-0.4, -0.2) is 18.0 Å². The van der Waals surface area contributed by atoms with Crippen LogP contribution in [0.1, 0.15) is 11.1 Å². The highest BCUT2D eigenvalue weighted by molar-refractivity contribution is 6.30. The Morgan fingerprint density at radius 3 is 2.43 bits per heavy atom. The first-order valence-electron chi connectivity index (χ1n) is 6.69. The van der Waals surface area contributed by atoms with E-state index in [4.69, 9.17) is 11.6 Å². The number of carbonyl (C=O) groups excluding carboxylic acids is 1. The fraction of sp³-hybridized carbons (Fsp3) is 0.188. The molecule has 7 heteroatoms. The van der Waals surface area contributed by atoms with Crippen LogP contribution in [0.5, 0.6) is 0 Å². The number of nitrogens with one attached hydrogen (secondary N) is 1. The summed E-state index contributed by atoms with van der Waals surface area (Å²) < 4.78 is 38.0. The van der Waals surface area contributed by atoms with Gasteiger partial charge in [-0.05, 0) is 42.0 Å². The lowest BCUT2D eigenvalue weighted by molar-refractivity contribution is -0.137. The minimum Gasteiger partial charge on any atom is -0.323 e. The molecule has 0 bridgehead atoms. The van der Waals surface area contributed by atoms with Gasteiger partial charge in [-0.1, -0.05) is 23.7 Å². The highest BCUT2D eigenvalue weighted by Crippen LogP contribution is 2.29. The van der Waals surface area contributed by atoms with E-state index >= 15 is 0 Å². The first kappa shape index (κ1) is 17.1. The standard InChI is InChI=1S/C16H14ClF3N2O/c1-22(15(23)21-14-7-5-13(17)6-8-14)10-11-3-2-4-12(9-11)16(18,19)20/h2-9H,10H2,1H3,(H,21,23). The minimum absolute atomic E-state index is 0.0589. The summed E-state index contributed by atoms with van der Waals surface area (Å²) in [4.78, 5) is 13.3. The van der Waals surface area contributed by atoms with Crippen LogP contribution < -0.4 is 5.32 Å². The Bertz CT molecular complexity index is 686. The van der Waals surface area contributed by atoms with Crippen molar-refractivity contribution in [1.29, 1.82) is 0 Å². The van der Waals surface area contributed by atoms with Gasteiger partial charge in [0, 0.05) is 24.3 Å². The molecule has 0 aliphatic rings. The average Bonchev–Trinajstić information content (AvgIpc) is 2.49. The van der Waals surface area contributed by atoms with Crippen LogP contribution in [0, 0.1) is 0 Å². The molecule has 0 aromatic heterocycles. The molecular weight excluding hydrogens is 329 g/mol. The van der Waals surface area contributed by atoms with E-state index < -0.39 is 17.8 Å². The molecule has 0 saturated carbocycles. The van der Waals surface area contributed by atoms with Gasteiger partial charge in [-0.25, -0.2) is 4.79 Å². The van der Waals surface area contributed by atoms with Crippen molar-refractivity contribution in [2.24, 2.45) is 0 Å². The van der Waals surface area contributed by atoms with Gasteiger partial charge < -0.3 is 10.2 Å². The summed E-state index contributed by atoms with van der Waals surface area (Å²) in [7, 11) is 1.51. The Hall–Kier alpha value is -2.21. The number of benzene rings is 2. The number of carbonyl (C=O) groups is 1. The predicted molar refractivity (Wildman–Crippen MR) is 83.4 cm³/mol. The van der Waals surface area contributed by atoms with Crippen LogP contribution >= 0.6 is 11.6 Å². The molecule has 2 amide bonds. The summed E-state index contributed by atoms with van der Waals surface area (Å²) in [5.74, 6) is 0. The number of nitrogens with zero attached hydrogens (tertiary/aromatic N) is 1. The van der Waals surface area contributed by atoms with Crippen LogP contribution in [0.15, 0.2) is 48.5 Å². The van der Waals surface area contributed by atoms with Gasteiger partial charge in [0.05, 0.1) is 5.56 Å². The quantitative estimate of drug-likeness (QED) is 0.834. The number of urea groups is 1. The Labute approximate surface area is 136 Å². The third-order valence-corrected chi connectivity index (χ3v) is 3.37. The molecule has 0 fully saturated rings. The van der Waals surface area contributed by atoms with Crippen molar-refractivity contribution in [2.75, 3.05) is 12.4 Å². The first-order chi connectivity index (χ1) is 10.8. The number of hydrogen-bond acceptors (Lipinski definition) is 1. The Balaban J connectivity index is 2.02.